The average Bonchev–Trinajstić information content (AvgIpc) is 2.73. The molecule has 2 aromatic rings. The smallest absolute Gasteiger partial charge is 0.328 e. The highest BCUT2D eigenvalue weighted by Crippen LogP contribution is 2.15. The van der Waals surface area contributed by atoms with Crippen molar-refractivity contribution >= 4 is 58.6 Å². The highest BCUT2D eigenvalue weighted by molar-refractivity contribution is 6.31. The fourth-order valence-electron chi connectivity index (χ4n) is 2.65. The molecule has 0 atom stereocenters. The summed E-state index contributed by atoms with van der Waals surface area (Å²) >= 11 is 11.7. The topological polar surface area (TPSA) is 164 Å². The molecule has 0 heterocycles. The normalized spacial score (nSPS) is 10.2. The van der Waals surface area contributed by atoms with Crippen molar-refractivity contribution in [2.24, 2.45) is 11.5 Å². The molecule has 0 aliphatic rings. The van der Waals surface area contributed by atoms with Crippen molar-refractivity contribution in [3.05, 3.63) is 58.6 Å². The van der Waals surface area contributed by atoms with E-state index in [1.54, 1.807) is 48.5 Å². The van der Waals surface area contributed by atoms with E-state index in [2.05, 4.69) is 10.6 Å². The summed E-state index contributed by atoms with van der Waals surface area (Å²) < 4.78 is 0. The molecule has 0 saturated heterocycles. The van der Waals surface area contributed by atoms with Crippen molar-refractivity contribution in [3.8, 4) is 0 Å². The number of rotatable bonds is 7. The van der Waals surface area contributed by atoms with Crippen molar-refractivity contribution in [1.82, 2.24) is 9.80 Å². The zero-order valence-electron chi connectivity index (χ0n) is 17.1. The standard InChI is InChI=1S/C20H24Cl2N8O2/c21-13-3-7-15(8-4-13)27-19(31)29(17(23)24)11-1-2-12-30(18(25)26)20(32)28-16-9-5-14(22)6-10-16/h3-10H,1-2,11-12H2,(H3,23,24)(H3,25,26)(H,27,31)(H,28,32). The number of guanidine groups is 2. The Morgan fingerprint density at radius 1 is 0.719 bits per heavy atom. The Balaban J connectivity index is 1.87. The summed E-state index contributed by atoms with van der Waals surface area (Å²) in [4.78, 5) is 27.0. The van der Waals surface area contributed by atoms with Gasteiger partial charge in [-0.25, -0.2) is 9.59 Å². The van der Waals surface area contributed by atoms with Gasteiger partial charge in [-0.05, 0) is 61.4 Å². The van der Waals surface area contributed by atoms with E-state index in [1.165, 1.54) is 0 Å². The van der Waals surface area contributed by atoms with Crippen LogP contribution in [0.4, 0.5) is 21.0 Å². The number of hydrogen-bond acceptors (Lipinski definition) is 4. The lowest BCUT2D eigenvalue weighted by Gasteiger charge is -2.23. The largest absolute Gasteiger partial charge is 0.370 e. The molecule has 0 aliphatic heterocycles. The van der Waals surface area contributed by atoms with Crippen LogP contribution in [-0.4, -0.2) is 46.9 Å². The van der Waals surface area contributed by atoms with Crippen LogP contribution in [0.25, 0.3) is 0 Å². The molecule has 8 N–H and O–H groups in total. The molecule has 4 amide bonds. The maximum absolute atomic E-state index is 12.4. The maximum Gasteiger partial charge on any atom is 0.328 e. The molecule has 0 saturated carbocycles. The first-order chi connectivity index (χ1) is 15.2. The molecule has 32 heavy (non-hydrogen) atoms. The minimum absolute atomic E-state index is 0.138. The lowest BCUT2D eigenvalue weighted by Crippen LogP contribution is -2.45. The molecule has 170 valence electrons. The van der Waals surface area contributed by atoms with Crippen LogP contribution in [0.1, 0.15) is 12.8 Å². The number of amides is 4. The van der Waals surface area contributed by atoms with Crippen molar-refractivity contribution < 1.29 is 9.59 Å². The molecule has 10 nitrogen and oxygen atoms in total. The highest BCUT2D eigenvalue weighted by Gasteiger charge is 2.19. The van der Waals surface area contributed by atoms with Crippen LogP contribution in [0, 0.1) is 10.8 Å². The second-order valence-electron chi connectivity index (χ2n) is 6.65. The van der Waals surface area contributed by atoms with E-state index in [-0.39, 0.29) is 13.1 Å². The van der Waals surface area contributed by atoms with Gasteiger partial charge in [0, 0.05) is 34.5 Å². The van der Waals surface area contributed by atoms with Crippen molar-refractivity contribution in [1.29, 1.82) is 10.8 Å². The number of benzene rings is 2. The van der Waals surface area contributed by atoms with Crippen LogP contribution in [0.5, 0.6) is 0 Å². The first-order valence-corrected chi connectivity index (χ1v) is 10.3. The van der Waals surface area contributed by atoms with Gasteiger partial charge >= 0.3 is 12.1 Å². The first kappa shape index (κ1) is 24.8. The first-order valence-electron chi connectivity index (χ1n) is 9.53. The van der Waals surface area contributed by atoms with Crippen LogP contribution in [0.2, 0.25) is 10.0 Å². The van der Waals surface area contributed by atoms with Gasteiger partial charge in [0.25, 0.3) is 0 Å². The average molecular weight is 479 g/mol. The molecular formula is C20H24Cl2N8O2. The van der Waals surface area contributed by atoms with Crippen LogP contribution in [0.15, 0.2) is 48.5 Å². The molecule has 0 fully saturated rings. The van der Waals surface area contributed by atoms with Gasteiger partial charge < -0.3 is 22.1 Å². The van der Waals surface area contributed by atoms with Gasteiger partial charge in [0.15, 0.2) is 11.9 Å². The summed E-state index contributed by atoms with van der Waals surface area (Å²) in [5.74, 6) is -0.833. The van der Waals surface area contributed by atoms with Crippen molar-refractivity contribution in [2.75, 3.05) is 23.7 Å². The fourth-order valence-corrected chi connectivity index (χ4v) is 2.90. The molecule has 2 rings (SSSR count). The molecule has 0 bridgehead atoms. The summed E-state index contributed by atoms with van der Waals surface area (Å²) in [5.41, 5.74) is 12.1. The van der Waals surface area contributed by atoms with Gasteiger partial charge in [0.1, 0.15) is 0 Å². The molecule has 0 spiro atoms. The van der Waals surface area contributed by atoms with Crippen LogP contribution >= 0.6 is 23.2 Å². The Morgan fingerprint density at radius 3 is 1.31 bits per heavy atom. The summed E-state index contributed by atoms with van der Waals surface area (Å²) in [6, 6.07) is 11.9. The van der Waals surface area contributed by atoms with Crippen molar-refractivity contribution in [3.63, 3.8) is 0 Å². The van der Waals surface area contributed by atoms with E-state index in [0.29, 0.717) is 34.3 Å². The Kier molecular flexibility index (Phi) is 9.11. The van der Waals surface area contributed by atoms with E-state index in [9.17, 15) is 9.59 Å². The van der Waals surface area contributed by atoms with E-state index >= 15 is 0 Å². The molecular weight excluding hydrogens is 455 g/mol. The van der Waals surface area contributed by atoms with E-state index in [4.69, 9.17) is 45.5 Å². The van der Waals surface area contributed by atoms with Gasteiger partial charge in [0.2, 0.25) is 0 Å². The zero-order valence-corrected chi connectivity index (χ0v) is 18.6. The van der Waals surface area contributed by atoms with Crippen LogP contribution < -0.4 is 22.1 Å². The number of halogens is 2. The second kappa shape index (κ2) is 11.8. The Morgan fingerprint density at radius 2 is 1.03 bits per heavy atom. The fraction of sp³-hybridized carbons (Fsp3) is 0.200. The van der Waals surface area contributed by atoms with E-state index < -0.39 is 24.0 Å². The van der Waals surface area contributed by atoms with Crippen molar-refractivity contribution in [2.45, 2.75) is 12.8 Å². The summed E-state index contributed by atoms with van der Waals surface area (Å²) in [7, 11) is 0. The monoisotopic (exact) mass is 478 g/mol. The lowest BCUT2D eigenvalue weighted by molar-refractivity contribution is 0.227. The third kappa shape index (κ3) is 7.64. The van der Waals surface area contributed by atoms with Gasteiger partial charge in [-0.1, -0.05) is 23.2 Å². The highest BCUT2D eigenvalue weighted by atomic mass is 35.5. The number of anilines is 2. The number of nitrogens with zero attached hydrogens (tertiary/aromatic N) is 2. The maximum atomic E-state index is 12.4. The minimum atomic E-state index is -0.566. The summed E-state index contributed by atoms with van der Waals surface area (Å²) in [5, 5.41) is 21.7. The Labute approximate surface area is 195 Å². The molecule has 0 aliphatic carbocycles. The van der Waals surface area contributed by atoms with Gasteiger partial charge in [-0.3, -0.25) is 20.6 Å². The SMILES string of the molecule is N=C(N)N(CCCCN(C(=N)N)C(=O)Nc1ccc(Cl)cc1)C(=O)Nc1ccc(Cl)cc1. The number of carbonyl (C=O) groups excluding carboxylic acids is 2. The minimum Gasteiger partial charge on any atom is -0.370 e. The molecule has 0 radical (unpaired) electrons. The Bertz CT molecular complexity index is 887. The zero-order chi connectivity index (χ0) is 23.7. The number of unbranched alkanes of at least 4 members (excludes halogenated alkanes) is 1. The molecule has 12 heteroatoms. The number of carbonyl (C=O) groups is 2. The number of nitrogens with two attached hydrogens (primary N) is 2. The van der Waals surface area contributed by atoms with Crippen LogP contribution in [0.3, 0.4) is 0 Å². The third-order valence-electron chi connectivity index (χ3n) is 4.28. The number of nitrogens with one attached hydrogen (secondary N) is 4. The van der Waals surface area contributed by atoms with Gasteiger partial charge in [-0.15, -0.1) is 0 Å². The number of hydrogen-bond donors (Lipinski definition) is 6. The van der Waals surface area contributed by atoms with Gasteiger partial charge in [-0.2, -0.15) is 0 Å². The Hall–Kier alpha value is -3.50. The predicted molar refractivity (Wildman–Crippen MR) is 127 cm³/mol. The lowest BCUT2D eigenvalue weighted by atomic mass is 10.2. The summed E-state index contributed by atoms with van der Waals surface area (Å²) in [6.07, 6.45) is 0.817. The van der Waals surface area contributed by atoms with E-state index in [1.807, 2.05) is 0 Å². The predicted octanol–water partition coefficient (Wildman–Crippen LogP) is 3.93. The van der Waals surface area contributed by atoms with Gasteiger partial charge in [0.05, 0.1) is 0 Å². The molecule has 0 aromatic heterocycles. The summed E-state index contributed by atoms with van der Waals surface area (Å²) in [6.45, 7) is 0.276. The van der Waals surface area contributed by atoms with E-state index in [0.717, 1.165) is 9.80 Å². The number of urea groups is 2. The third-order valence-corrected chi connectivity index (χ3v) is 4.78. The molecule has 0 unspecified atom stereocenters. The van der Waals surface area contributed by atoms with Crippen LogP contribution in [-0.2, 0) is 0 Å². The second-order valence-corrected chi connectivity index (χ2v) is 7.53. The molecule has 2 aromatic carbocycles. The quantitative estimate of drug-likeness (QED) is 0.201.